The number of carbonyl (C=O) groups is 2. The van der Waals surface area contributed by atoms with E-state index in [-0.39, 0.29) is 17.3 Å². The van der Waals surface area contributed by atoms with Gasteiger partial charge in [0.2, 0.25) is 0 Å². The second-order valence-electron chi connectivity index (χ2n) is 10.3. The Balaban J connectivity index is 0.000000287. The monoisotopic (exact) mass is 564 g/mol. The van der Waals surface area contributed by atoms with E-state index in [1.165, 1.54) is 50.7 Å². The molecule has 3 aromatic carbocycles. The zero-order chi connectivity index (χ0) is 29.9. The van der Waals surface area contributed by atoms with Gasteiger partial charge in [-0.25, -0.2) is 14.0 Å². The van der Waals surface area contributed by atoms with Crippen molar-refractivity contribution in [2.75, 3.05) is 13.2 Å². The second kappa shape index (κ2) is 19.4. The first-order chi connectivity index (χ1) is 19.8. The van der Waals surface area contributed by atoms with Gasteiger partial charge in [0.05, 0.1) is 24.3 Å². The summed E-state index contributed by atoms with van der Waals surface area (Å²) < 4.78 is 24.2. The minimum Gasteiger partial charge on any atom is -0.491 e. The molecule has 5 nitrogen and oxygen atoms in total. The molecule has 0 saturated heterocycles. The third-order valence-corrected chi connectivity index (χ3v) is 6.86. The highest BCUT2D eigenvalue weighted by atomic mass is 19.1. The Kier molecular flexibility index (Phi) is 15.9. The number of esters is 1. The molecule has 0 aliphatic heterocycles. The minimum absolute atomic E-state index is 0.0630. The van der Waals surface area contributed by atoms with Crippen LogP contribution in [0.3, 0.4) is 0 Å². The van der Waals surface area contributed by atoms with Gasteiger partial charge < -0.3 is 14.6 Å². The molecule has 0 amide bonds. The number of rotatable bonds is 16. The van der Waals surface area contributed by atoms with E-state index in [1.54, 1.807) is 0 Å². The largest absolute Gasteiger partial charge is 0.491 e. The van der Waals surface area contributed by atoms with Crippen LogP contribution in [0.4, 0.5) is 4.39 Å². The molecule has 0 spiro atoms. The van der Waals surface area contributed by atoms with Crippen molar-refractivity contribution < 1.29 is 28.6 Å². The topological polar surface area (TPSA) is 72.8 Å². The van der Waals surface area contributed by atoms with E-state index in [4.69, 9.17) is 14.6 Å². The highest BCUT2D eigenvalue weighted by molar-refractivity contribution is 5.90. The number of halogens is 1. The predicted molar refractivity (Wildman–Crippen MR) is 163 cm³/mol. The fourth-order valence-corrected chi connectivity index (χ4v) is 4.02. The van der Waals surface area contributed by atoms with Crippen LogP contribution in [-0.4, -0.2) is 30.3 Å². The summed E-state index contributed by atoms with van der Waals surface area (Å²) in [6.07, 6.45) is 10.6. The second-order valence-corrected chi connectivity index (χ2v) is 10.3. The Labute approximate surface area is 244 Å². The molecule has 0 bridgehead atoms. The average Bonchev–Trinajstić information content (AvgIpc) is 3.00. The Morgan fingerprint density at radius 2 is 1.37 bits per heavy atom. The van der Waals surface area contributed by atoms with Gasteiger partial charge in [0, 0.05) is 0 Å². The van der Waals surface area contributed by atoms with Crippen LogP contribution < -0.4 is 4.74 Å². The minimum atomic E-state index is -1.14. The van der Waals surface area contributed by atoms with Crippen LogP contribution in [0.5, 0.6) is 5.75 Å². The summed E-state index contributed by atoms with van der Waals surface area (Å²) in [6.45, 7) is 7.33. The first-order valence-electron chi connectivity index (χ1n) is 14.8. The molecule has 6 heteroatoms. The standard InChI is InChI=1S/C18H20O2.C17H25FO3/c1-3-14(2)13-20-18(19)17-11-9-16(10-12-17)15-7-5-4-6-8-15;1-2-3-4-5-6-7-8-9-12-21-16-11-10-14(17(19)20)13-15(16)18/h4-12,14H,3,13H2,1-2H3;10-11,13H,2-9,12H2,1H3,(H,19,20). The highest BCUT2D eigenvalue weighted by Gasteiger charge is 2.10. The maximum Gasteiger partial charge on any atom is 0.338 e. The molecule has 1 N–H and O–H groups in total. The van der Waals surface area contributed by atoms with Crippen molar-refractivity contribution in [1.82, 2.24) is 0 Å². The Bertz CT molecular complexity index is 1160. The van der Waals surface area contributed by atoms with E-state index in [1.807, 2.05) is 42.5 Å². The van der Waals surface area contributed by atoms with Gasteiger partial charge in [0.1, 0.15) is 0 Å². The molecule has 1 atom stereocenters. The zero-order valence-corrected chi connectivity index (χ0v) is 24.7. The van der Waals surface area contributed by atoms with Crippen LogP contribution in [0.15, 0.2) is 72.8 Å². The van der Waals surface area contributed by atoms with Crippen molar-refractivity contribution in [3.05, 3.63) is 89.7 Å². The summed E-state index contributed by atoms with van der Waals surface area (Å²) in [5, 5.41) is 8.74. The molecule has 0 radical (unpaired) electrons. The Hall–Kier alpha value is -3.67. The van der Waals surface area contributed by atoms with Crippen molar-refractivity contribution in [3.8, 4) is 16.9 Å². The lowest BCUT2D eigenvalue weighted by atomic mass is 10.0. The van der Waals surface area contributed by atoms with Crippen LogP contribution >= 0.6 is 0 Å². The van der Waals surface area contributed by atoms with Crippen LogP contribution in [0, 0.1) is 11.7 Å². The number of carboxylic acids is 1. The third-order valence-electron chi connectivity index (χ3n) is 6.86. The smallest absolute Gasteiger partial charge is 0.338 e. The van der Waals surface area contributed by atoms with Gasteiger partial charge in [0.15, 0.2) is 11.6 Å². The van der Waals surface area contributed by atoms with Gasteiger partial charge in [-0.3, -0.25) is 0 Å². The van der Waals surface area contributed by atoms with Gasteiger partial charge in [-0.15, -0.1) is 0 Å². The Morgan fingerprint density at radius 3 is 1.95 bits per heavy atom. The van der Waals surface area contributed by atoms with E-state index in [0.717, 1.165) is 36.5 Å². The molecule has 0 fully saturated rings. The van der Waals surface area contributed by atoms with Gasteiger partial charge in [0.25, 0.3) is 0 Å². The number of hydrogen-bond donors (Lipinski definition) is 1. The van der Waals surface area contributed by atoms with E-state index >= 15 is 0 Å². The fourth-order valence-electron chi connectivity index (χ4n) is 4.02. The molecule has 0 saturated carbocycles. The number of hydrogen-bond acceptors (Lipinski definition) is 4. The molecule has 0 aromatic heterocycles. The normalized spacial score (nSPS) is 11.2. The summed E-state index contributed by atoms with van der Waals surface area (Å²) in [6, 6.07) is 21.4. The number of carbonyl (C=O) groups excluding carboxylic acids is 1. The van der Waals surface area contributed by atoms with Gasteiger partial charge in [-0.2, -0.15) is 0 Å². The summed E-state index contributed by atoms with van der Waals surface area (Å²) in [7, 11) is 0. The average molecular weight is 565 g/mol. The number of unbranched alkanes of at least 4 members (excludes halogenated alkanes) is 7. The summed E-state index contributed by atoms with van der Waals surface area (Å²) in [5.41, 5.74) is 2.79. The lowest BCUT2D eigenvalue weighted by Gasteiger charge is -2.10. The lowest BCUT2D eigenvalue weighted by molar-refractivity contribution is 0.0446. The third kappa shape index (κ3) is 13.0. The summed E-state index contributed by atoms with van der Waals surface area (Å²) in [4.78, 5) is 22.6. The maximum atomic E-state index is 13.6. The van der Waals surface area contributed by atoms with Crippen molar-refractivity contribution in [2.45, 2.75) is 78.6 Å². The first-order valence-corrected chi connectivity index (χ1v) is 14.8. The SMILES string of the molecule is CCC(C)COC(=O)c1ccc(-c2ccccc2)cc1.CCCCCCCCCCOc1ccc(C(=O)O)cc1F. The van der Waals surface area contributed by atoms with Gasteiger partial charge in [-0.1, -0.05) is 115 Å². The van der Waals surface area contributed by atoms with Crippen LogP contribution in [0.1, 0.15) is 99.3 Å². The van der Waals surface area contributed by atoms with E-state index in [2.05, 4.69) is 32.9 Å². The number of ether oxygens (including phenoxy) is 2. The van der Waals surface area contributed by atoms with Gasteiger partial charge in [-0.05, 0) is 53.8 Å². The number of aromatic carboxylic acids is 1. The van der Waals surface area contributed by atoms with Crippen LogP contribution in [-0.2, 0) is 4.74 Å². The molecular weight excluding hydrogens is 519 g/mol. The zero-order valence-electron chi connectivity index (χ0n) is 24.7. The Morgan fingerprint density at radius 1 is 0.780 bits per heavy atom. The molecule has 222 valence electrons. The molecular formula is C35H45FO5. The fraction of sp³-hybridized carbons (Fsp3) is 0.429. The molecule has 1 unspecified atom stereocenters. The van der Waals surface area contributed by atoms with Crippen molar-refractivity contribution in [3.63, 3.8) is 0 Å². The number of benzene rings is 3. The molecule has 0 heterocycles. The molecule has 41 heavy (non-hydrogen) atoms. The predicted octanol–water partition coefficient (Wildman–Crippen LogP) is 9.60. The van der Waals surface area contributed by atoms with Crippen molar-refractivity contribution in [2.24, 2.45) is 5.92 Å². The maximum absolute atomic E-state index is 13.6. The summed E-state index contributed by atoms with van der Waals surface area (Å²) in [5.74, 6) is -1.46. The van der Waals surface area contributed by atoms with E-state index in [9.17, 15) is 14.0 Å². The van der Waals surface area contributed by atoms with Crippen molar-refractivity contribution >= 4 is 11.9 Å². The number of carboxylic acid groups (broad SMARTS) is 1. The molecule has 0 aliphatic carbocycles. The molecule has 3 rings (SSSR count). The highest BCUT2D eigenvalue weighted by Crippen LogP contribution is 2.20. The quantitative estimate of drug-likeness (QED) is 0.138. The van der Waals surface area contributed by atoms with E-state index < -0.39 is 11.8 Å². The van der Waals surface area contributed by atoms with Crippen LogP contribution in [0.2, 0.25) is 0 Å². The van der Waals surface area contributed by atoms with Crippen LogP contribution in [0.25, 0.3) is 11.1 Å². The summed E-state index contributed by atoms with van der Waals surface area (Å²) >= 11 is 0. The molecule has 3 aromatic rings. The van der Waals surface area contributed by atoms with Crippen molar-refractivity contribution in [1.29, 1.82) is 0 Å². The first kappa shape index (κ1) is 33.5. The molecule has 0 aliphatic rings. The lowest BCUT2D eigenvalue weighted by Crippen LogP contribution is -2.11. The van der Waals surface area contributed by atoms with Gasteiger partial charge >= 0.3 is 11.9 Å². The van der Waals surface area contributed by atoms with E-state index in [0.29, 0.717) is 24.7 Å².